The number of benzene rings is 2. The lowest BCUT2D eigenvalue weighted by Crippen LogP contribution is -2.12. The molecule has 0 saturated heterocycles. The van der Waals surface area contributed by atoms with Gasteiger partial charge in [-0.2, -0.15) is 0 Å². The first-order valence-electron chi connectivity index (χ1n) is 6.06. The molecule has 0 heterocycles. The van der Waals surface area contributed by atoms with Gasteiger partial charge in [-0.1, -0.05) is 11.6 Å². The highest BCUT2D eigenvalue weighted by Gasteiger charge is 2.08. The van der Waals surface area contributed by atoms with Crippen LogP contribution < -0.4 is 10.6 Å². The van der Waals surface area contributed by atoms with Gasteiger partial charge in [0.25, 0.3) is 5.91 Å². The van der Waals surface area contributed by atoms with Gasteiger partial charge < -0.3 is 10.6 Å². The van der Waals surface area contributed by atoms with Crippen molar-refractivity contribution in [2.75, 3.05) is 17.7 Å². The fraction of sp³-hybridized carbons (Fsp3) is 0.133. The molecule has 20 heavy (non-hydrogen) atoms. The molecule has 0 bridgehead atoms. The van der Waals surface area contributed by atoms with Crippen molar-refractivity contribution in [2.45, 2.75) is 6.92 Å². The van der Waals surface area contributed by atoms with E-state index < -0.39 is 0 Å². The molecule has 0 aliphatic rings. The third-order valence-corrected chi connectivity index (χ3v) is 4.15. The van der Waals surface area contributed by atoms with Gasteiger partial charge in [0.2, 0.25) is 0 Å². The van der Waals surface area contributed by atoms with E-state index in [1.165, 1.54) is 0 Å². The lowest BCUT2D eigenvalue weighted by Gasteiger charge is -2.09. The summed E-state index contributed by atoms with van der Waals surface area (Å²) in [7, 11) is 1.85. The SMILES string of the molecule is CNc1ccc(C(=O)Nc2ccc(Cl)c(Br)c2)cc1C. The standard InChI is InChI=1S/C15H14BrClN2O/c1-9-7-10(3-6-14(9)18-2)15(20)19-11-4-5-13(17)12(16)8-11/h3-8,18H,1-2H3,(H,19,20). The number of rotatable bonds is 3. The summed E-state index contributed by atoms with van der Waals surface area (Å²) in [5.74, 6) is -0.148. The first kappa shape index (κ1) is 14.9. The third-order valence-electron chi connectivity index (χ3n) is 2.94. The summed E-state index contributed by atoms with van der Waals surface area (Å²) in [6.07, 6.45) is 0. The average molecular weight is 354 g/mol. The maximum atomic E-state index is 12.2. The second-order valence-corrected chi connectivity index (χ2v) is 5.62. The smallest absolute Gasteiger partial charge is 0.255 e. The molecule has 0 aliphatic carbocycles. The number of nitrogens with one attached hydrogen (secondary N) is 2. The van der Waals surface area contributed by atoms with Crippen molar-refractivity contribution in [3.8, 4) is 0 Å². The van der Waals surface area contributed by atoms with Gasteiger partial charge in [0.05, 0.1) is 5.02 Å². The quantitative estimate of drug-likeness (QED) is 0.839. The number of aryl methyl sites for hydroxylation is 1. The van der Waals surface area contributed by atoms with Crippen molar-refractivity contribution in [3.05, 3.63) is 57.0 Å². The van der Waals surface area contributed by atoms with E-state index in [9.17, 15) is 4.79 Å². The van der Waals surface area contributed by atoms with Gasteiger partial charge in [-0.25, -0.2) is 0 Å². The van der Waals surface area contributed by atoms with E-state index in [1.807, 2.05) is 26.1 Å². The fourth-order valence-electron chi connectivity index (χ4n) is 1.86. The topological polar surface area (TPSA) is 41.1 Å². The van der Waals surface area contributed by atoms with Crippen LogP contribution in [-0.2, 0) is 0 Å². The molecule has 2 N–H and O–H groups in total. The summed E-state index contributed by atoms with van der Waals surface area (Å²) >= 11 is 9.25. The zero-order valence-electron chi connectivity index (χ0n) is 11.1. The molecule has 0 atom stereocenters. The van der Waals surface area contributed by atoms with Crippen LogP contribution in [0.2, 0.25) is 5.02 Å². The van der Waals surface area contributed by atoms with Crippen molar-refractivity contribution in [2.24, 2.45) is 0 Å². The van der Waals surface area contributed by atoms with Crippen molar-refractivity contribution >= 4 is 44.8 Å². The van der Waals surface area contributed by atoms with Gasteiger partial charge in [-0.3, -0.25) is 4.79 Å². The van der Waals surface area contributed by atoms with Gasteiger partial charge >= 0.3 is 0 Å². The summed E-state index contributed by atoms with van der Waals surface area (Å²) < 4.78 is 0.749. The van der Waals surface area contributed by atoms with E-state index in [2.05, 4.69) is 26.6 Å². The number of halogens is 2. The molecule has 3 nitrogen and oxygen atoms in total. The predicted molar refractivity (Wildman–Crippen MR) is 87.8 cm³/mol. The summed E-state index contributed by atoms with van der Waals surface area (Å²) in [6.45, 7) is 1.96. The van der Waals surface area contributed by atoms with Crippen LogP contribution in [0.4, 0.5) is 11.4 Å². The molecule has 0 fully saturated rings. The van der Waals surface area contributed by atoms with Crippen LogP contribution in [0.3, 0.4) is 0 Å². The van der Waals surface area contributed by atoms with Crippen molar-refractivity contribution in [3.63, 3.8) is 0 Å². The molecule has 0 unspecified atom stereocenters. The summed E-state index contributed by atoms with van der Waals surface area (Å²) in [6, 6.07) is 10.8. The molecule has 5 heteroatoms. The Labute approximate surface area is 131 Å². The Morgan fingerprint density at radius 2 is 1.95 bits per heavy atom. The number of amides is 1. The molecule has 2 aromatic rings. The highest BCUT2D eigenvalue weighted by Crippen LogP contribution is 2.26. The van der Waals surface area contributed by atoms with Crippen molar-refractivity contribution in [1.82, 2.24) is 0 Å². The summed E-state index contributed by atoms with van der Waals surface area (Å²) in [5, 5.41) is 6.52. The Bertz CT molecular complexity index is 658. The molecule has 0 spiro atoms. The van der Waals surface area contributed by atoms with Crippen LogP contribution in [0.25, 0.3) is 0 Å². The number of anilines is 2. The van der Waals surface area contributed by atoms with Gasteiger partial charge in [-0.05, 0) is 64.8 Å². The maximum absolute atomic E-state index is 12.2. The lowest BCUT2D eigenvalue weighted by molar-refractivity contribution is 0.102. The monoisotopic (exact) mass is 352 g/mol. The average Bonchev–Trinajstić information content (AvgIpc) is 2.42. The Kier molecular flexibility index (Phi) is 4.68. The van der Waals surface area contributed by atoms with Crippen LogP contribution in [0.5, 0.6) is 0 Å². The minimum atomic E-state index is -0.148. The third kappa shape index (κ3) is 3.32. The second-order valence-electron chi connectivity index (χ2n) is 4.36. The van der Waals surface area contributed by atoms with Crippen molar-refractivity contribution in [1.29, 1.82) is 0 Å². The van der Waals surface area contributed by atoms with E-state index in [4.69, 9.17) is 11.6 Å². The van der Waals surface area contributed by atoms with Crippen LogP contribution in [0.15, 0.2) is 40.9 Å². The van der Waals surface area contributed by atoms with E-state index in [0.29, 0.717) is 16.3 Å². The first-order valence-corrected chi connectivity index (χ1v) is 7.23. The van der Waals surface area contributed by atoms with Gasteiger partial charge in [0.15, 0.2) is 0 Å². The van der Waals surface area contributed by atoms with Gasteiger partial charge in [0.1, 0.15) is 0 Å². The van der Waals surface area contributed by atoms with E-state index >= 15 is 0 Å². The lowest BCUT2D eigenvalue weighted by atomic mass is 10.1. The van der Waals surface area contributed by atoms with Gasteiger partial charge in [0, 0.05) is 28.5 Å². The number of hydrogen-bond acceptors (Lipinski definition) is 2. The molecular formula is C15H14BrClN2O. The summed E-state index contributed by atoms with van der Waals surface area (Å²) in [4.78, 5) is 12.2. The van der Waals surface area contributed by atoms with E-state index in [1.54, 1.807) is 24.3 Å². The van der Waals surface area contributed by atoms with Crippen molar-refractivity contribution < 1.29 is 4.79 Å². The Balaban J connectivity index is 2.19. The number of carbonyl (C=O) groups is 1. The largest absolute Gasteiger partial charge is 0.388 e. The van der Waals surface area contributed by atoms with Gasteiger partial charge in [-0.15, -0.1) is 0 Å². The molecule has 0 saturated carbocycles. The van der Waals surface area contributed by atoms with Crippen LogP contribution in [0.1, 0.15) is 15.9 Å². The zero-order valence-corrected chi connectivity index (χ0v) is 13.5. The molecule has 0 radical (unpaired) electrons. The second kappa shape index (κ2) is 6.29. The van der Waals surface area contributed by atoms with E-state index in [-0.39, 0.29) is 5.91 Å². The highest BCUT2D eigenvalue weighted by molar-refractivity contribution is 9.10. The Hall–Kier alpha value is -1.52. The normalized spacial score (nSPS) is 10.2. The molecule has 104 valence electrons. The predicted octanol–water partition coefficient (Wildman–Crippen LogP) is 4.70. The fourth-order valence-corrected chi connectivity index (χ4v) is 2.36. The molecule has 0 aliphatic heterocycles. The molecule has 0 aromatic heterocycles. The van der Waals surface area contributed by atoms with E-state index in [0.717, 1.165) is 15.7 Å². The number of hydrogen-bond donors (Lipinski definition) is 2. The number of carbonyl (C=O) groups excluding carboxylic acids is 1. The maximum Gasteiger partial charge on any atom is 0.255 e. The molecule has 2 rings (SSSR count). The molecular weight excluding hydrogens is 340 g/mol. The highest BCUT2D eigenvalue weighted by atomic mass is 79.9. The minimum absolute atomic E-state index is 0.148. The van der Waals surface area contributed by atoms with Crippen LogP contribution in [0, 0.1) is 6.92 Å². The minimum Gasteiger partial charge on any atom is -0.388 e. The molecule has 2 aromatic carbocycles. The Morgan fingerprint density at radius 1 is 1.20 bits per heavy atom. The Morgan fingerprint density at radius 3 is 2.55 bits per heavy atom. The first-order chi connectivity index (χ1) is 9.51. The van der Waals surface area contributed by atoms with Crippen LogP contribution >= 0.6 is 27.5 Å². The van der Waals surface area contributed by atoms with Crippen LogP contribution in [-0.4, -0.2) is 13.0 Å². The molecule has 1 amide bonds. The summed E-state index contributed by atoms with van der Waals surface area (Å²) in [5.41, 5.74) is 3.35. The zero-order chi connectivity index (χ0) is 14.7.